The topological polar surface area (TPSA) is 49.3 Å². The molecule has 2 rings (SSSR count). The first-order valence-corrected chi connectivity index (χ1v) is 9.47. The van der Waals surface area contributed by atoms with Crippen LogP contribution in [0.5, 0.6) is 0 Å². The Bertz CT molecular complexity index is 659. The number of guanidine groups is 1. The van der Waals surface area contributed by atoms with E-state index in [0.29, 0.717) is 6.54 Å². The molecule has 0 atom stereocenters. The minimum Gasteiger partial charge on any atom is -0.357 e. The molecule has 2 N–H and O–H groups in total. The summed E-state index contributed by atoms with van der Waals surface area (Å²) in [6.07, 6.45) is 2.08. The van der Waals surface area contributed by atoms with Gasteiger partial charge in [0.05, 0.1) is 17.2 Å². The van der Waals surface area contributed by atoms with Gasteiger partial charge in [-0.15, -0.1) is 11.3 Å². The number of nitrogens with one attached hydrogen (secondary N) is 2. The van der Waals surface area contributed by atoms with Gasteiger partial charge in [-0.3, -0.25) is 0 Å². The van der Waals surface area contributed by atoms with E-state index in [-0.39, 0.29) is 0 Å². The first-order valence-electron chi connectivity index (χ1n) is 8.65. The summed E-state index contributed by atoms with van der Waals surface area (Å²) in [7, 11) is 0. The maximum atomic E-state index is 4.68. The molecule has 4 nitrogen and oxygen atoms in total. The average Bonchev–Trinajstić information content (AvgIpc) is 2.91. The molecule has 1 aromatic carbocycles. The molecule has 0 bridgehead atoms. The lowest BCUT2D eigenvalue weighted by Gasteiger charge is -2.11. The molecule has 0 spiro atoms. The van der Waals surface area contributed by atoms with Gasteiger partial charge in [-0.2, -0.15) is 0 Å². The molecule has 0 saturated heterocycles. The van der Waals surface area contributed by atoms with E-state index >= 15 is 0 Å². The van der Waals surface area contributed by atoms with Gasteiger partial charge >= 0.3 is 0 Å². The molecule has 0 aliphatic rings. The van der Waals surface area contributed by atoms with Crippen LogP contribution >= 0.6 is 11.3 Å². The van der Waals surface area contributed by atoms with Crippen molar-refractivity contribution in [3.63, 3.8) is 0 Å². The molecule has 0 aliphatic heterocycles. The van der Waals surface area contributed by atoms with Crippen LogP contribution in [0, 0.1) is 13.8 Å². The smallest absolute Gasteiger partial charge is 0.191 e. The van der Waals surface area contributed by atoms with Gasteiger partial charge in [0.1, 0.15) is 0 Å². The third-order valence-corrected chi connectivity index (χ3v) is 4.92. The quantitative estimate of drug-likeness (QED) is 0.596. The maximum absolute atomic E-state index is 4.68. The predicted molar refractivity (Wildman–Crippen MR) is 104 cm³/mol. The maximum Gasteiger partial charge on any atom is 0.191 e. The lowest BCUT2D eigenvalue weighted by Crippen LogP contribution is -2.38. The van der Waals surface area contributed by atoms with Crippen LogP contribution in [0.4, 0.5) is 0 Å². The number of rotatable bonds is 7. The molecule has 0 saturated carbocycles. The second-order valence-electron chi connectivity index (χ2n) is 5.78. The Morgan fingerprint density at radius 1 is 1.08 bits per heavy atom. The van der Waals surface area contributed by atoms with Gasteiger partial charge in [0.25, 0.3) is 0 Å². The number of benzene rings is 1. The van der Waals surface area contributed by atoms with Gasteiger partial charge < -0.3 is 10.6 Å². The van der Waals surface area contributed by atoms with Crippen molar-refractivity contribution in [1.82, 2.24) is 15.6 Å². The van der Waals surface area contributed by atoms with Crippen molar-refractivity contribution in [3.05, 3.63) is 51.0 Å². The fourth-order valence-corrected chi connectivity index (χ4v) is 3.34. The average molecular weight is 345 g/mol. The third kappa shape index (κ3) is 5.64. The Balaban J connectivity index is 1.87. The van der Waals surface area contributed by atoms with E-state index in [4.69, 9.17) is 0 Å². The molecular weight excluding hydrogens is 316 g/mol. The van der Waals surface area contributed by atoms with Gasteiger partial charge in [0, 0.05) is 18.0 Å². The van der Waals surface area contributed by atoms with Crippen LogP contribution in [0.3, 0.4) is 0 Å². The van der Waals surface area contributed by atoms with E-state index in [1.54, 1.807) is 11.3 Å². The van der Waals surface area contributed by atoms with Crippen LogP contribution in [-0.4, -0.2) is 24.0 Å². The zero-order valence-corrected chi connectivity index (χ0v) is 16.0. The van der Waals surface area contributed by atoms with E-state index in [9.17, 15) is 0 Å². The standard InChI is InChI=1S/C19H28N4S/c1-5-16-7-9-17(10-8-16)11-12-21-19(20-6-2)22-13-18-14(3)23-15(4)24-18/h7-10H,5-6,11-13H2,1-4H3,(H2,20,21,22). The van der Waals surface area contributed by atoms with Crippen LogP contribution in [0.1, 0.15) is 40.6 Å². The summed E-state index contributed by atoms with van der Waals surface area (Å²) >= 11 is 1.72. The zero-order chi connectivity index (χ0) is 17.4. The minimum atomic E-state index is 0.678. The summed E-state index contributed by atoms with van der Waals surface area (Å²) in [5, 5.41) is 7.83. The van der Waals surface area contributed by atoms with Crippen molar-refractivity contribution in [3.8, 4) is 0 Å². The second-order valence-corrected chi connectivity index (χ2v) is 7.07. The number of thiazole rings is 1. The Labute approximate surface area is 149 Å². The van der Waals surface area contributed by atoms with E-state index in [2.05, 4.69) is 65.6 Å². The molecule has 1 heterocycles. The van der Waals surface area contributed by atoms with Crippen molar-refractivity contribution in [2.24, 2.45) is 4.99 Å². The summed E-state index contributed by atoms with van der Waals surface area (Å²) in [5.74, 6) is 0.869. The molecule has 130 valence electrons. The number of hydrogen-bond donors (Lipinski definition) is 2. The summed E-state index contributed by atoms with van der Waals surface area (Å²) < 4.78 is 0. The molecule has 1 aromatic heterocycles. The molecule has 5 heteroatoms. The third-order valence-electron chi connectivity index (χ3n) is 3.86. The SMILES string of the molecule is CCNC(=NCc1sc(C)nc1C)NCCc1ccc(CC)cc1. The zero-order valence-electron chi connectivity index (χ0n) is 15.1. The molecule has 0 amide bonds. The van der Waals surface area contributed by atoms with Crippen LogP contribution in [0.25, 0.3) is 0 Å². The Morgan fingerprint density at radius 3 is 2.38 bits per heavy atom. The molecule has 2 aromatic rings. The monoisotopic (exact) mass is 344 g/mol. The highest BCUT2D eigenvalue weighted by atomic mass is 32.1. The summed E-state index contributed by atoms with van der Waals surface area (Å²) in [5.41, 5.74) is 3.83. The Hall–Kier alpha value is -1.88. The van der Waals surface area contributed by atoms with Crippen molar-refractivity contribution in [1.29, 1.82) is 0 Å². The molecule has 0 radical (unpaired) electrons. The summed E-state index contributed by atoms with van der Waals surface area (Å²) in [6, 6.07) is 8.86. The fraction of sp³-hybridized carbons (Fsp3) is 0.474. The lowest BCUT2D eigenvalue weighted by atomic mass is 10.1. The van der Waals surface area contributed by atoms with Gasteiger partial charge in [0.15, 0.2) is 5.96 Å². The summed E-state index contributed by atoms with van der Waals surface area (Å²) in [4.78, 5) is 10.4. The van der Waals surface area contributed by atoms with E-state index in [1.807, 2.05) is 6.92 Å². The first-order chi connectivity index (χ1) is 11.6. The van der Waals surface area contributed by atoms with E-state index < -0.39 is 0 Å². The number of aryl methyl sites for hydroxylation is 3. The highest BCUT2D eigenvalue weighted by Crippen LogP contribution is 2.17. The highest BCUT2D eigenvalue weighted by molar-refractivity contribution is 7.11. The Morgan fingerprint density at radius 2 is 1.79 bits per heavy atom. The van der Waals surface area contributed by atoms with Crippen molar-refractivity contribution >= 4 is 17.3 Å². The van der Waals surface area contributed by atoms with Crippen LogP contribution in [0.15, 0.2) is 29.3 Å². The lowest BCUT2D eigenvalue weighted by molar-refractivity contribution is 0.800. The second kappa shape index (κ2) is 9.42. The first kappa shape index (κ1) is 18.5. The predicted octanol–water partition coefficient (Wildman–Crippen LogP) is 3.62. The molecule has 0 fully saturated rings. The number of nitrogens with zero attached hydrogens (tertiary/aromatic N) is 2. The number of hydrogen-bond acceptors (Lipinski definition) is 3. The number of aliphatic imine (C=N–C) groups is 1. The van der Waals surface area contributed by atoms with Crippen molar-refractivity contribution in [2.75, 3.05) is 13.1 Å². The fourth-order valence-electron chi connectivity index (χ4n) is 2.48. The minimum absolute atomic E-state index is 0.678. The highest BCUT2D eigenvalue weighted by Gasteiger charge is 2.05. The van der Waals surface area contributed by atoms with Crippen molar-refractivity contribution in [2.45, 2.75) is 47.1 Å². The largest absolute Gasteiger partial charge is 0.357 e. The Kier molecular flexibility index (Phi) is 7.25. The van der Waals surface area contributed by atoms with Gasteiger partial charge in [0.2, 0.25) is 0 Å². The van der Waals surface area contributed by atoms with E-state index in [0.717, 1.165) is 42.6 Å². The summed E-state index contributed by atoms with van der Waals surface area (Å²) in [6.45, 7) is 10.8. The number of aromatic nitrogens is 1. The van der Waals surface area contributed by atoms with Crippen LogP contribution < -0.4 is 10.6 Å². The van der Waals surface area contributed by atoms with E-state index in [1.165, 1.54) is 16.0 Å². The molecular formula is C19H28N4S. The molecule has 0 unspecified atom stereocenters. The van der Waals surface area contributed by atoms with Gasteiger partial charge in [-0.25, -0.2) is 9.98 Å². The van der Waals surface area contributed by atoms with Gasteiger partial charge in [-0.1, -0.05) is 31.2 Å². The van der Waals surface area contributed by atoms with Crippen molar-refractivity contribution < 1.29 is 0 Å². The normalized spacial score (nSPS) is 11.6. The van der Waals surface area contributed by atoms with Gasteiger partial charge in [-0.05, 0) is 44.7 Å². The van der Waals surface area contributed by atoms with Crippen LogP contribution in [-0.2, 0) is 19.4 Å². The van der Waals surface area contributed by atoms with Crippen LogP contribution in [0.2, 0.25) is 0 Å². The molecule has 24 heavy (non-hydrogen) atoms. The molecule has 0 aliphatic carbocycles.